The molecule has 1 aliphatic rings. The lowest BCUT2D eigenvalue weighted by atomic mass is 10.1. The number of piperidine rings is 1. The summed E-state index contributed by atoms with van der Waals surface area (Å²) in [6, 6.07) is 8.12. The van der Waals surface area contributed by atoms with E-state index in [2.05, 4.69) is 5.32 Å². The van der Waals surface area contributed by atoms with Crippen LogP contribution in [0.1, 0.15) is 35.2 Å². The Morgan fingerprint density at radius 1 is 1.14 bits per heavy atom. The Hall–Kier alpha value is -2.49. The zero-order chi connectivity index (χ0) is 21.2. The smallest absolute Gasteiger partial charge is 0.270 e. The zero-order valence-electron chi connectivity index (χ0n) is 15.7. The van der Waals surface area contributed by atoms with Crippen molar-refractivity contribution in [2.45, 2.75) is 31.1 Å². The highest BCUT2D eigenvalue weighted by atomic mass is 35.5. The molecule has 0 aliphatic carbocycles. The predicted octanol–water partition coefficient (Wildman–Crippen LogP) is 3.98. The van der Waals surface area contributed by atoms with Crippen LogP contribution in [-0.2, 0) is 10.0 Å². The molecule has 1 saturated heterocycles. The molecular formula is C19H20ClN3O5S. The molecule has 0 atom stereocenters. The number of nitro benzene ring substituents is 1. The lowest BCUT2D eigenvalue weighted by molar-refractivity contribution is -0.384. The normalized spacial score (nSPS) is 15.1. The van der Waals surface area contributed by atoms with Gasteiger partial charge >= 0.3 is 0 Å². The highest BCUT2D eigenvalue weighted by Crippen LogP contribution is 2.27. The summed E-state index contributed by atoms with van der Waals surface area (Å²) >= 11 is 6.01. The van der Waals surface area contributed by atoms with Gasteiger partial charge in [0.15, 0.2) is 0 Å². The maximum atomic E-state index is 12.9. The number of nitrogens with zero attached hydrogens (tertiary/aromatic N) is 2. The number of benzene rings is 2. The van der Waals surface area contributed by atoms with Gasteiger partial charge in [-0.25, -0.2) is 8.42 Å². The molecule has 1 fully saturated rings. The van der Waals surface area contributed by atoms with E-state index < -0.39 is 20.9 Å². The van der Waals surface area contributed by atoms with Crippen LogP contribution < -0.4 is 5.32 Å². The van der Waals surface area contributed by atoms with Crippen LogP contribution in [0.3, 0.4) is 0 Å². The van der Waals surface area contributed by atoms with E-state index in [-0.39, 0.29) is 21.2 Å². The molecule has 0 saturated carbocycles. The van der Waals surface area contributed by atoms with Gasteiger partial charge in [-0.1, -0.05) is 24.1 Å². The summed E-state index contributed by atoms with van der Waals surface area (Å²) in [5, 5.41) is 13.4. The van der Waals surface area contributed by atoms with Gasteiger partial charge in [-0.05, 0) is 43.5 Å². The molecular weight excluding hydrogens is 418 g/mol. The molecule has 29 heavy (non-hydrogen) atoms. The van der Waals surface area contributed by atoms with E-state index in [1.54, 1.807) is 13.0 Å². The lowest BCUT2D eigenvalue weighted by Crippen LogP contribution is -2.35. The number of hydrogen-bond donors (Lipinski definition) is 1. The Morgan fingerprint density at radius 3 is 2.45 bits per heavy atom. The third-order valence-electron chi connectivity index (χ3n) is 4.82. The highest BCUT2D eigenvalue weighted by molar-refractivity contribution is 7.89. The summed E-state index contributed by atoms with van der Waals surface area (Å²) in [4.78, 5) is 22.9. The number of carbonyl (C=O) groups is 1. The fourth-order valence-electron chi connectivity index (χ4n) is 3.14. The topological polar surface area (TPSA) is 110 Å². The SMILES string of the molecule is Cc1ccc(S(=O)(=O)N2CCCCC2)cc1NC(=O)c1ccc([N+](=O)[O-])cc1Cl. The predicted molar refractivity (Wildman–Crippen MR) is 110 cm³/mol. The van der Waals surface area contributed by atoms with Gasteiger partial charge in [0.2, 0.25) is 10.0 Å². The molecule has 1 heterocycles. The molecule has 1 amide bonds. The van der Waals surface area contributed by atoms with Crippen LogP contribution in [0.4, 0.5) is 11.4 Å². The lowest BCUT2D eigenvalue weighted by Gasteiger charge is -2.26. The van der Waals surface area contributed by atoms with E-state index in [1.165, 1.54) is 28.6 Å². The number of anilines is 1. The number of aryl methyl sites for hydroxylation is 1. The second kappa shape index (κ2) is 8.48. The highest BCUT2D eigenvalue weighted by Gasteiger charge is 2.26. The number of rotatable bonds is 5. The van der Waals surface area contributed by atoms with Crippen molar-refractivity contribution in [1.29, 1.82) is 0 Å². The minimum absolute atomic E-state index is 0.0564. The number of amides is 1. The van der Waals surface area contributed by atoms with Crippen molar-refractivity contribution < 1.29 is 18.1 Å². The maximum absolute atomic E-state index is 12.9. The average molecular weight is 438 g/mol. The Kier molecular flexibility index (Phi) is 6.21. The Bertz CT molecular complexity index is 1070. The van der Waals surface area contributed by atoms with E-state index in [9.17, 15) is 23.3 Å². The third kappa shape index (κ3) is 4.58. The van der Waals surface area contributed by atoms with Gasteiger partial charge in [0, 0.05) is 30.9 Å². The van der Waals surface area contributed by atoms with Gasteiger partial charge in [0.25, 0.3) is 11.6 Å². The number of nitro groups is 1. The molecule has 8 nitrogen and oxygen atoms in total. The second-order valence-corrected chi connectivity index (χ2v) is 9.16. The average Bonchev–Trinajstić information content (AvgIpc) is 2.69. The number of hydrogen-bond acceptors (Lipinski definition) is 5. The van der Waals surface area contributed by atoms with Gasteiger partial charge in [-0.15, -0.1) is 0 Å². The Labute approximate surface area is 173 Å². The monoisotopic (exact) mass is 437 g/mol. The van der Waals surface area contributed by atoms with Crippen molar-refractivity contribution in [1.82, 2.24) is 4.31 Å². The molecule has 1 aliphatic heterocycles. The van der Waals surface area contributed by atoms with Crippen LogP contribution in [0.25, 0.3) is 0 Å². The minimum atomic E-state index is -3.64. The van der Waals surface area contributed by atoms with Crippen LogP contribution >= 0.6 is 11.6 Å². The standard InChI is InChI=1S/C19H20ClN3O5S/c1-13-5-7-15(29(27,28)22-9-3-2-4-10-22)12-18(13)21-19(24)16-8-6-14(23(25)26)11-17(16)20/h5-8,11-12H,2-4,9-10H2,1H3,(H,21,24). The first-order valence-corrected chi connectivity index (χ1v) is 10.9. The second-order valence-electron chi connectivity index (χ2n) is 6.82. The van der Waals surface area contributed by atoms with Gasteiger partial charge in [0.05, 0.1) is 20.4 Å². The number of nitrogens with one attached hydrogen (secondary N) is 1. The summed E-state index contributed by atoms with van der Waals surface area (Å²) < 4.78 is 27.2. The molecule has 0 unspecified atom stereocenters. The fourth-order valence-corrected chi connectivity index (χ4v) is 4.95. The van der Waals surface area contributed by atoms with Crippen LogP contribution in [0.2, 0.25) is 5.02 Å². The summed E-state index contributed by atoms with van der Waals surface area (Å²) in [7, 11) is -3.64. The van der Waals surface area contributed by atoms with Crippen LogP contribution in [0.5, 0.6) is 0 Å². The first-order valence-electron chi connectivity index (χ1n) is 9.06. The number of non-ortho nitro benzene ring substituents is 1. The van der Waals surface area contributed by atoms with Crippen LogP contribution in [0, 0.1) is 17.0 Å². The van der Waals surface area contributed by atoms with Crippen molar-refractivity contribution in [2.24, 2.45) is 0 Å². The molecule has 0 spiro atoms. The molecule has 154 valence electrons. The number of halogens is 1. The quantitative estimate of drug-likeness (QED) is 0.561. The molecule has 3 rings (SSSR count). The van der Waals surface area contributed by atoms with Gasteiger partial charge in [-0.2, -0.15) is 4.31 Å². The summed E-state index contributed by atoms with van der Waals surface area (Å²) in [6.07, 6.45) is 2.66. The zero-order valence-corrected chi connectivity index (χ0v) is 17.3. The van der Waals surface area contributed by atoms with Crippen LogP contribution in [-0.4, -0.2) is 36.6 Å². The largest absolute Gasteiger partial charge is 0.322 e. The first-order chi connectivity index (χ1) is 13.7. The molecule has 10 heteroatoms. The van der Waals surface area contributed by atoms with E-state index in [1.807, 2.05) is 0 Å². The van der Waals surface area contributed by atoms with Crippen molar-refractivity contribution in [3.63, 3.8) is 0 Å². The van der Waals surface area contributed by atoms with Crippen LogP contribution in [0.15, 0.2) is 41.3 Å². The van der Waals surface area contributed by atoms with E-state index >= 15 is 0 Å². The Morgan fingerprint density at radius 2 is 1.83 bits per heavy atom. The Balaban J connectivity index is 1.87. The van der Waals surface area contributed by atoms with Gasteiger partial charge in [0.1, 0.15) is 0 Å². The van der Waals surface area contributed by atoms with Gasteiger partial charge in [-0.3, -0.25) is 14.9 Å². The maximum Gasteiger partial charge on any atom is 0.270 e. The first kappa shape index (κ1) is 21.2. The van der Waals surface area contributed by atoms with E-state index in [0.717, 1.165) is 25.3 Å². The molecule has 0 aromatic heterocycles. The molecule has 0 bridgehead atoms. The minimum Gasteiger partial charge on any atom is -0.322 e. The van der Waals surface area contributed by atoms with Crippen molar-refractivity contribution in [3.8, 4) is 0 Å². The summed E-state index contributed by atoms with van der Waals surface area (Å²) in [6.45, 7) is 2.71. The fraction of sp³-hybridized carbons (Fsp3) is 0.316. The van der Waals surface area contributed by atoms with E-state index in [0.29, 0.717) is 24.3 Å². The van der Waals surface area contributed by atoms with Crippen molar-refractivity contribution in [2.75, 3.05) is 18.4 Å². The van der Waals surface area contributed by atoms with Gasteiger partial charge < -0.3 is 5.32 Å². The third-order valence-corrected chi connectivity index (χ3v) is 7.03. The molecule has 2 aromatic rings. The summed E-state index contributed by atoms with van der Waals surface area (Å²) in [5.74, 6) is -0.583. The molecule has 1 N–H and O–H groups in total. The van der Waals surface area contributed by atoms with Crippen molar-refractivity contribution >= 4 is 38.9 Å². The molecule has 2 aromatic carbocycles. The van der Waals surface area contributed by atoms with E-state index in [4.69, 9.17) is 11.6 Å². The number of carbonyl (C=O) groups excluding carboxylic acids is 1. The number of sulfonamides is 1. The van der Waals surface area contributed by atoms with Crippen molar-refractivity contribution in [3.05, 3.63) is 62.7 Å². The summed E-state index contributed by atoms with van der Waals surface area (Å²) in [5.41, 5.74) is 0.842. The molecule has 0 radical (unpaired) electrons.